The average Bonchev–Trinajstić information content (AvgIpc) is 2.80. The van der Waals surface area contributed by atoms with Crippen molar-refractivity contribution in [3.8, 4) is 0 Å². The molecule has 0 heterocycles. The van der Waals surface area contributed by atoms with Crippen molar-refractivity contribution >= 4 is 0 Å². The van der Waals surface area contributed by atoms with E-state index in [4.69, 9.17) is 0 Å². The highest BCUT2D eigenvalue weighted by Gasteiger charge is 2.20. The molecule has 0 aliphatic heterocycles. The fourth-order valence-corrected chi connectivity index (χ4v) is 1.63. The van der Waals surface area contributed by atoms with E-state index in [0.29, 0.717) is 0 Å². The third kappa shape index (κ3) is 6.20. The van der Waals surface area contributed by atoms with Crippen molar-refractivity contribution in [2.24, 2.45) is 5.92 Å². The van der Waals surface area contributed by atoms with Gasteiger partial charge in [-0.1, -0.05) is 11.6 Å². The smallest absolute Gasteiger partial charge is 0.00966 e. The SMILES string of the molecule is CC(=CCCNC(C)(C)C)CC1CC1. The largest absolute Gasteiger partial charge is 0.312 e. The standard InChI is InChI=1S/C13H25N/c1-11(10-12-7-8-12)6-5-9-14-13(2,3)4/h6,12,14H,5,7-10H2,1-4H3. The summed E-state index contributed by atoms with van der Waals surface area (Å²) in [5.41, 5.74) is 1.85. The summed E-state index contributed by atoms with van der Waals surface area (Å²) in [6, 6.07) is 0. The fourth-order valence-electron chi connectivity index (χ4n) is 1.63. The fraction of sp³-hybridized carbons (Fsp3) is 0.846. The number of hydrogen-bond acceptors (Lipinski definition) is 1. The Kier molecular flexibility index (Phi) is 4.18. The van der Waals surface area contributed by atoms with Gasteiger partial charge in [-0.15, -0.1) is 0 Å². The zero-order valence-electron chi connectivity index (χ0n) is 10.2. The molecule has 1 saturated carbocycles. The zero-order chi connectivity index (χ0) is 10.6. The van der Waals surface area contributed by atoms with Gasteiger partial charge in [0.2, 0.25) is 0 Å². The Morgan fingerprint density at radius 3 is 2.50 bits per heavy atom. The van der Waals surface area contributed by atoms with Crippen molar-refractivity contribution in [2.45, 2.75) is 58.9 Å². The molecule has 0 aromatic heterocycles. The maximum atomic E-state index is 3.50. The Morgan fingerprint density at radius 2 is 2.00 bits per heavy atom. The van der Waals surface area contributed by atoms with Gasteiger partial charge in [0, 0.05) is 5.54 Å². The zero-order valence-corrected chi connectivity index (χ0v) is 10.2. The van der Waals surface area contributed by atoms with Gasteiger partial charge in [-0.2, -0.15) is 0 Å². The van der Waals surface area contributed by atoms with E-state index in [2.05, 4.69) is 39.1 Å². The maximum absolute atomic E-state index is 3.50. The van der Waals surface area contributed by atoms with Gasteiger partial charge >= 0.3 is 0 Å². The Morgan fingerprint density at radius 1 is 1.36 bits per heavy atom. The van der Waals surface area contributed by atoms with E-state index in [9.17, 15) is 0 Å². The van der Waals surface area contributed by atoms with E-state index in [-0.39, 0.29) is 5.54 Å². The van der Waals surface area contributed by atoms with Crippen LogP contribution in [-0.2, 0) is 0 Å². The van der Waals surface area contributed by atoms with Crippen LogP contribution < -0.4 is 5.32 Å². The molecule has 1 aliphatic carbocycles. The molecule has 0 aromatic carbocycles. The molecule has 1 fully saturated rings. The van der Waals surface area contributed by atoms with Crippen LogP contribution in [0.4, 0.5) is 0 Å². The summed E-state index contributed by atoms with van der Waals surface area (Å²) in [6.07, 6.45) is 7.85. The Labute approximate surface area is 89.0 Å². The topological polar surface area (TPSA) is 12.0 Å². The summed E-state index contributed by atoms with van der Waals surface area (Å²) in [5.74, 6) is 1.03. The summed E-state index contributed by atoms with van der Waals surface area (Å²) in [4.78, 5) is 0. The third-order valence-corrected chi connectivity index (χ3v) is 2.60. The second-order valence-corrected chi connectivity index (χ2v) is 5.66. The second kappa shape index (κ2) is 4.97. The van der Waals surface area contributed by atoms with Gasteiger partial charge in [0.05, 0.1) is 0 Å². The van der Waals surface area contributed by atoms with E-state index in [1.807, 2.05) is 0 Å². The molecule has 1 heteroatoms. The first-order valence-electron chi connectivity index (χ1n) is 5.88. The van der Waals surface area contributed by atoms with Gasteiger partial charge in [0.25, 0.3) is 0 Å². The van der Waals surface area contributed by atoms with Crippen LogP contribution in [0.2, 0.25) is 0 Å². The van der Waals surface area contributed by atoms with Crippen LogP contribution >= 0.6 is 0 Å². The van der Waals surface area contributed by atoms with Crippen molar-refractivity contribution in [3.05, 3.63) is 11.6 Å². The van der Waals surface area contributed by atoms with Crippen LogP contribution in [0.5, 0.6) is 0 Å². The van der Waals surface area contributed by atoms with Gasteiger partial charge < -0.3 is 5.32 Å². The normalized spacial score (nSPS) is 18.7. The molecular weight excluding hydrogens is 170 g/mol. The van der Waals surface area contributed by atoms with Gasteiger partial charge in [-0.05, 0) is 65.8 Å². The molecule has 0 atom stereocenters. The van der Waals surface area contributed by atoms with Gasteiger partial charge in [-0.25, -0.2) is 0 Å². The lowest BCUT2D eigenvalue weighted by Gasteiger charge is -2.19. The highest BCUT2D eigenvalue weighted by atomic mass is 14.9. The minimum Gasteiger partial charge on any atom is -0.312 e. The minimum atomic E-state index is 0.262. The molecule has 0 spiro atoms. The number of rotatable bonds is 5. The maximum Gasteiger partial charge on any atom is 0.00966 e. The van der Waals surface area contributed by atoms with Crippen molar-refractivity contribution in [1.29, 1.82) is 0 Å². The third-order valence-electron chi connectivity index (χ3n) is 2.60. The van der Waals surface area contributed by atoms with Crippen molar-refractivity contribution in [2.75, 3.05) is 6.54 Å². The molecule has 0 aromatic rings. The summed E-state index contributed by atoms with van der Waals surface area (Å²) in [7, 11) is 0. The van der Waals surface area contributed by atoms with E-state index in [0.717, 1.165) is 12.5 Å². The highest BCUT2D eigenvalue weighted by molar-refractivity contribution is 5.01. The summed E-state index contributed by atoms with van der Waals surface area (Å²) in [6.45, 7) is 10.0. The van der Waals surface area contributed by atoms with Crippen LogP contribution in [0.15, 0.2) is 11.6 Å². The second-order valence-electron chi connectivity index (χ2n) is 5.66. The first-order valence-corrected chi connectivity index (χ1v) is 5.88. The van der Waals surface area contributed by atoms with Crippen molar-refractivity contribution in [1.82, 2.24) is 5.32 Å². The molecule has 1 aliphatic rings. The highest BCUT2D eigenvalue weighted by Crippen LogP contribution is 2.34. The molecule has 82 valence electrons. The minimum absolute atomic E-state index is 0.262. The molecular formula is C13H25N. The van der Waals surface area contributed by atoms with Crippen LogP contribution in [0.3, 0.4) is 0 Å². The predicted molar refractivity (Wildman–Crippen MR) is 63.5 cm³/mol. The average molecular weight is 195 g/mol. The van der Waals surface area contributed by atoms with Crippen molar-refractivity contribution < 1.29 is 0 Å². The lowest BCUT2D eigenvalue weighted by Crippen LogP contribution is -2.36. The van der Waals surface area contributed by atoms with Gasteiger partial charge in [-0.3, -0.25) is 0 Å². The Bertz CT molecular complexity index is 194. The molecule has 0 radical (unpaired) electrons. The first-order chi connectivity index (χ1) is 6.47. The molecule has 0 saturated heterocycles. The predicted octanol–water partition coefficient (Wildman–Crippen LogP) is 3.51. The molecule has 0 bridgehead atoms. The van der Waals surface area contributed by atoms with Crippen LogP contribution in [0.25, 0.3) is 0 Å². The Balaban J connectivity index is 2.06. The van der Waals surface area contributed by atoms with Crippen molar-refractivity contribution in [3.63, 3.8) is 0 Å². The van der Waals surface area contributed by atoms with Gasteiger partial charge in [0.15, 0.2) is 0 Å². The summed E-state index contributed by atoms with van der Waals surface area (Å²) >= 11 is 0. The quantitative estimate of drug-likeness (QED) is 0.523. The number of allylic oxidation sites excluding steroid dienone is 1. The molecule has 0 unspecified atom stereocenters. The monoisotopic (exact) mass is 195 g/mol. The van der Waals surface area contributed by atoms with Crippen LogP contribution in [0, 0.1) is 5.92 Å². The van der Waals surface area contributed by atoms with E-state index >= 15 is 0 Å². The molecule has 1 rings (SSSR count). The molecule has 1 nitrogen and oxygen atoms in total. The van der Waals surface area contributed by atoms with Gasteiger partial charge in [0.1, 0.15) is 0 Å². The Hall–Kier alpha value is -0.300. The summed E-state index contributed by atoms with van der Waals surface area (Å²) < 4.78 is 0. The molecule has 0 amide bonds. The molecule has 14 heavy (non-hydrogen) atoms. The van der Waals surface area contributed by atoms with E-state index in [1.54, 1.807) is 5.57 Å². The van der Waals surface area contributed by atoms with Crippen LogP contribution in [0.1, 0.15) is 53.4 Å². The number of nitrogens with one attached hydrogen (secondary N) is 1. The lowest BCUT2D eigenvalue weighted by molar-refractivity contribution is 0.431. The van der Waals surface area contributed by atoms with E-state index in [1.165, 1.54) is 25.7 Å². The van der Waals surface area contributed by atoms with E-state index < -0.39 is 0 Å². The lowest BCUT2D eigenvalue weighted by atomic mass is 10.1. The summed E-state index contributed by atoms with van der Waals surface area (Å²) in [5, 5.41) is 3.50. The molecule has 1 N–H and O–H groups in total. The van der Waals surface area contributed by atoms with Crippen LogP contribution in [-0.4, -0.2) is 12.1 Å². The first kappa shape index (κ1) is 11.8. The number of hydrogen-bond donors (Lipinski definition) is 1.